The second-order valence-electron chi connectivity index (χ2n) is 3.89. The standard InChI is InChI=1S/C11H23N3O4/c1-14(8-10(15)13-4-5-17-2)11(16)6-9(7-12)18-3/h9H,4-8,12H2,1-3H3,(H,13,15). The molecule has 1 unspecified atom stereocenters. The average molecular weight is 261 g/mol. The second-order valence-corrected chi connectivity index (χ2v) is 3.89. The molecular weight excluding hydrogens is 238 g/mol. The fourth-order valence-corrected chi connectivity index (χ4v) is 1.27. The number of nitrogens with one attached hydrogen (secondary N) is 1. The molecule has 0 aromatic rings. The minimum atomic E-state index is -0.309. The summed E-state index contributed by atoms with van der Waals surface area (Å²) in [5, 5.41) is 2.64. The van der Waals surface area contributed by atoms with Crippen molar-refractivity contribution in [2.75, 3.05) is 47.5 Å². The van der Waals surface area contributed by atoms with E-state index in [2.05, 4.69) is 5.32 Å². The quantitative estimate of drug-likeness (QED) is 0.496. The van der Waals surface area contributed by atoms with Crippen molar-refractivity contribution in [3.63, 3.8) is 0 Å². The van der Waals surface area contributed by atoms with Crippen LogP contribution in [-0.2, 0) is 19.1 Å². The van der Waals surface area contributed by atoms with Crippen molar-refractivity contribution in [2.45, 2.75) is 12.5 Å². The molecule has 0 aliphatic heterocycles. The smallest absolute Gasteiger partial charge is 0.239 e. The van der Waals surface area contributed by atoms with Gasteiger partial charge >= 0.3 is 0 Å². The van der Waals surface area contributed by atoms with Crippen molar-refractivity contribution < 1.29 is 19.1 Å². The second kappa shape index (κ2) is 9.81. The summed E-state index contributed by atoms with van der Waals surface area (Å²) in [7, 11) is 4.63. The lowest BCUT2D eigenvalue weighted by atomic mass is 10.2. The number of amides is 2. The Labute approximate surface area is 108 Å². The number of ether oxygens (including phenoxy) is 2. The molecule has 106 valence electrons. The number of likely N-dealkylation sites (N-methyl/N-ethyl adjacent to an activating group) is 1. The molecule has 0 saturated carbocycles. The van der Waals surface area contributed by atoms with Gasteiger partial charge in [0.05, 0.1) is 25.7 Å². The Morgan fingerprint density at radius 2 is 2.06 bits per heavy atom. The van der Waals surface area contributed by atoms with Gasteiger partial charge in [0.2, 0.25) is 11.8 Å². The van der Waals surface area contributed by atoms with E-state index in [1.807, 2.05) is 0 Å². The SMILES string of the molecule is COCCNC(=O)CN(C)C(=O)CC(CN)OC. The van der Waals surface area contributed by atoms with Crippen LogP contribution < -0.4 is 11.1 Å². The van der Waals surface area contributed by atoms with Gasteiger partial charge in [0.1, 0.15) is 0 Å². The van der Waals surface area contributed by atoms with Gasteiger partial charge < -0.3 is 25.4 Å². The van der Waals surface area contributed by atoms with E-state index in [0.29, 0.717) is 13.2 Å². The number of hydrogen-bond acceptors (Lipinski definition) is 5. The molecule has 0 fully saturated rings. The Balaban J connectivity index is 3.95. The van der Waals surface area contributed by atoms with Gasteiger partial charge in [-0.05, 0) is 0 Å². The minimum absolute atomic E-state index is 0.0174. The molecule has 18 heavy (non-hydrogen) atoms. The van der Waals surface area contributed by atoms with Crippen LogP contribution in [0, 0.1) is 0 Å². The largest absolute Gasteiger partial charge is 0.383 e. The number of nitrogens with two attached hydrogens (primary N) is 1. The number of carbonyl (C=O) groups excluding carboxylic acids is 2. The van der Waals surface area contributed by atoms with E-state index in [1.165, 1.54) is 12.0 Å². The van der Waals surface area contributed by atoms with E-state index >= 15 is 0 Å². The molecule has 0 spiro atoms. The van der Waals surface area contributed by atoms with E-state index in [4.69, 9.17) is 15.2 Å². The molecular formula is C11H23N3O4. The van der Waals surface area contributed by atoms with Crippen molar-refractivity contribution in [3.8, 4) is 0 Å². The van der Waals surface area contributed by atoms with E-state index in [1.54, 1.807) is 14.2 Å². The Morgan fingerprint density at radius 1 is 1.39 bits per heavy atom. The summed E-state index contributed by atoms with van der Waals surface area (Å²) in [4.78, 5) is 24.5. The summed E-state index contributed by atoms with van der Waals surface area (Å²) in [5.41, 5.74) is 5.43. The van der Waals surface area contributed by atoms with Crippen LogP contribution in [0.25, 0.3) is 0 Å². The first-order valence-corrected chi connectivity index (χ1v) is 5.77. The molecule has 3 N–H and O–H groups in total. The first kappa shape index (κ1) is 16.8. The summed E-state index contributed by atoms with van der Waals surface area (Å²) in [6.07, 6.45) is -0.133. The molecule has 0 radical (unpaired) electrons. The fraction of sp³-hybridized carbons (Fsp3) is 0.818. The number of rotatable bonds is 9. The zero-order valence-corrected chi connectivity index (χ0v) is 11.3. The predicted molar refractivity (Wildman–Crippen MR) is 67.0 cm³/mol. The van der Waals surface area contributed by atoms with Crippen LogP contribution in [0.4, 0.5) is 0 Å². The summed E-state index contributed by atoms with van der Waals surface area (Å²) in [6.45, 7) is 1.17. The normalized spacial score (nSPS) is 12.0. The third-order valence-electron chi connectivity index (χ3n) is 2.43. The topological polar surface area (TPSA) is 93.9 Å². The molecule has 0 aromatic heterocycles. The van der Waals surface area contributed by atoms with Crippen molar-refractivity contribution >= 4 is 11.8 Å². The highest BCUT2D eigenvalue weighted by molar-refractivity contribution is 5.84. The molecule has 0 heterocycles. The summed E-state index contributed by atoms with van der Waals surface area (Å²) in [5.74, 6) is -0.390. The maximum atomic E-state index is 11.7. The van der Waals surface area contributed by atoms with Crippen molar-refractivity contribution in [1.29, 1.82) is 0 Å². The number of hydrogen-bond donors (Lipinski definition) is 2. The Bertz CT molecular complexity index is 257. The van der Waals surface area contributed by atoms with Gasteiger partial charge in [0.15, 0.2) is 0 Å². The van der Waals surface area contributed by atoms with Gasteiger partial charge in [-0.2, -0.15) is 0 Å². The fourth-order valence-electron chi connectivity index (χ4n) is 1.27. The summed E-state index contributed by atoms with van der Waals surface area (Å²) < 4.78 is 9.82. The zero-order valence-electron chi connectivity index (χ0n) is 11.3. The van der Waals surface area contributed by atoms with Gasteiger partial charge in [-0.25, -0.2) is 0 Å². The average Bonchev–Trinajstić information content (AvgIpc) is 2.35. The molecule has 0 aromatic carbocycles. The van der Waals surface area contributed by atoms with Gasteiger partial charge in [0, 0.05) is 34.4 Å². The van der Waals surface area contributed by atoms with Crippen LogP contribution in [0.2, 0.25) is 0 Å². The molecule has 7 nitrogen and oxygen atoms in total. The molecule has 1 atom stereocenters. The van der Waals surface area contributed by atoms with E-state index in [-0.39, 0.29) is 37.4 Å². The molecule has 0 bridgehead atoms. The van der Waals surface area contributed by atoms with Crippen molar-refractivity contribution in [2.24, 2.45) is 5.73 Å². The molecule has 0 aliphatic rings. The zero-order chi connectivity index (χ0) is 14.0. The van der Waals surface area contributed by atoms with Gasteiger partial charge in [-0.1, -0.05) is 0 Å². The molecule has 0 rings (SSSR count). The van der Waals surface area contributed by atoms with Gasteiger partial charge in [-0.15, -0.1) is 0 Å². The predicted octanol–water partition coefficient (Wildman–Crippen LogP) is -1.43. The minimum Gasteiger partial charge on any atom is -0.383 e. The number of nitrogens with zero attached hydrogens (tertiary/aromatic N) is 1. The van der Waals surface area contributed by atoms with Crippen LogP contribution in [-0.4, -0.2) is 70.3 Å². The van der Waals surface area contributed by atoms with Gasteiger partial charge in [0.25, 0.3) is 0 Å². The first-order chi connectivity index (χ1) is 8.54. The third-order valence-corrected chi connectivity index (χ3v) is 2.43. The lowest BCUT2D eigenvalue weighted by Crippen LogP contribution is -2.41. The Hall–Kier alpha value is -1.18. The van der Waals surface area contributed by atoms with Crippen molar-refractivity contribution in [1.82, 2.24) is 10.2 Å². The van der Waals surface area contributed by atoms with Crippen molar-refractivity contribution in [3.05, 3.63) is 0 Å². The van der Waals surface area contributed by atoms with Crippen LogP contribution >= 0.6 is 0 Å². The molecule has 0 aliphatic carbocycles. The molecule has 0 saturated heterocycles. The van der Waals surface area contributed by atoms with Crippen LogP contribution in [0.5, 0.6) is 0 Å². The highest BCUT2D eigenvalue weighted by Crippen LogP contribution is 1.99. The summed E-state index contributed by atoms with van der Waals surface area (Å²) in [6, 6.07) is 0. The maximum Gasteiger partial charge on any atom is 0.239 e. The first-order valence-electron chi connectivity index (χ1n) is 5.77. The maximum absolute atomic E-state index is 11.7. The van der Waals surface area contributed by atoms with E-state index < -0.39 is 0 Å². The van der Waals surface area contributed by atoms with Gasteiger partial charge in [-0.3, -0.25) is 9.59 Å². The number of carbonyl (C=O) groups is 2. The highest BCUT2D eigenvalue weighted by atomic mass is 16.5. The monoisotopic (exact) mass is 261 g/mol. The van der Waals surface area contributed by atoms with E-state index in [9.17, 15) is 9.59 Å². The lowest BCUT2D eigenvalue weighted by Gasteiger charge is -2.19. The van der Waals surface area contributed by atoms with E-state index in [0.717, 1.165) is 0 Å². The highest BCUT2D eigenvalue weighted by Gasteiger charge is 2.17. The molecule has 7 heteroatoms. The third kappa shape index (κ3) is 7.21. The summed E-state index contributed by atoms with van der Waals surface area (Å²) >= 11 is 0. The van der Waals surface area contributed by atoms with Crippen LogP contribution in [0.3, 0.4) is 0 Å². The Kier molecular flexibility index (Phi) is 9.17. The molecule has 2 amide bonds. The van der Waals surface area contributed by atoms with Crippen LogP contribution in [0.1, 0.15) is 6.42 Å². The number of methoxy groups -OCH3 is 2. The Morgan fingerprint density at radius 3 is 2.56 bits per heavy atom. The lowest BCUT2D eigenvalue weighted by molar-refractivity contribution is -0.136. The van der Waals surface area contributed by atoms with Crippen LogP contribution in [0.15, 0.2) is 0 Å².